The molecule has 0 saturated carbocycles. The minimum absolute atomic E-state index is 0.911. The first-order valence-corrected chi connectivity index (χ1v) is 16.1. The topological polar surface area (TPSA) is 18.1 Å². The van der Waals surface area contributed by atoms with Crippen LogP contribution in [-0.4, -0.2) is 4.57 Å². The third kappa shape index (κ3) is 3.75. The molecular formula is C42H25NOS. The van der Waals surface area contributed by atoms with Gasteiger partial charge in [0.1, 0.15) is 11.2 Å². The van der Waals surface area contributed by atoms with Crippen LogP contribution in [0.5, 0.6) is 0 Å². The van der Waals surface area contributed by atoms with Crippen LogP contribution in [0.1, 0.15) is 0 Å². The summed E-state index contributed by atoms with van der Waals surface area (Å²) in [5.74, 6) is 0. The van der Waals surface area contributed by atoms with Crippen molar-refractivity contribution in [3.8, 4) is 27.9 Å². The fourth-order valence-electron chi connectivity index (χ4n) is 7.08. The van der Waals surface area contributed by atoms with Gasteiger partial charge in [-0.1, -0.05) is 91.0 Å². The molecular weight excluding hydrogens is 567 g/mol. The highest BCUT2D eigenvalue weighted by Gasteiger charge is 2.17. The molecule has 0 spiro atoms. The number of nitrogens with zero attached hydrogens (tertiary/aromatic N) is 1. The molecule has 2 nitrogen and oxygen atoms in total. The van der Waals surface area contributed by atoms with Crippen molar-refractivity contribution in [3.05, 3.63) is 152 Å². The Morgan fingerprint density at radius 1 is 0.378 bits per heavy atom. The minimum atomic E-state index is 0.911. The SMILES string of the molecule is c1ccc(-c2cc(-c3ccc4oc5ccccc5c4c3)cc(-n3c4ccccc4c4cc5c(cc43)sc3ccccc35)c2)cc1. The molecule has 0 fully saturated rings. The predicted molar refractivity (Wildman–Crippen MR) is 192 cm³/mol. The van der Waals surface area contributed by atoms with E-state index in [4.69, 9.17) is 4.42 Å². The Morgan fingerprint density at radius 3 is 1.98 bits per heavy atom. The van der Waals surface area contributed by atoms with Crippen LogP contribution in [0.15, 0.2) is 156 Å². The lowest BCUT2D eigenvalue weighted by Crippen LogP contribution is -1.96. The summed E-state index contributed by atoms with van der Waals surface area (Å²) in [5, 5.41) is 7.47. The summed E-state index contributed by atoms with van der Waals surface area (Å²) in [4.78, 5) is 0. The first kappa shape index (κ1) is 24.8. The Morgan fingerprint density at radius 2 is 1.09 bits per heavy atom. The molecule has 0 atom stereocenters. The quantitative estimate of drug-likeness (QED) is 0.200. The molecule has 10 aromatic rings. The first-order valence-electron chi connectivity index (χ1n) is 15.3. The third-order valence-corrected chi connectivity index (χ3v) is 10.3. The maximum Gasteiger partial charge on any atom is 0.135 e. The van der Waals surface area contributed by atoms with Crippen LogP contribution in [0, 0.1) is 0 Å². The van der Waals surface area contributed by atoms with E-state index < -0.39 is 0 Å². The molecule has 0 N–H and O–H groups in total. The molecule has 10 rings (SSSR count). The molecule has 0 aliphatic heterocycles. The molecule has 3 heteroatoms. The van der Waals surface area contributed by atoms with E-state index in [9.17, 15) is 0 Å². The summed E-state index contributed by atoms with van der Waals surface area (Å²) in [6, 6.07) is 54.9. The van der Waals surface area contributed by atoms with Crippen LogP contribution in [0.4, 0.5) is 0 Å². The zero-order chi connectivity index (χ0) is 29.5. The molecule has 0 bridgehead atoms. The highest BCUT2D eigenvalue weighted by molar-refractivity contribution is 7.25. The molecule has 3 heterocycles. The molecule has 0 unspecified atom stereocenters. The summed E-state index contributed by atoms with van der Waals surface area (Å²) < 4.78 is 11.3. The number of para-hydroxylation sites is 2. The Balaban J connectivity index is 1.28. The van der Waals surface area contributed by atoms with Gasteiger partial charge in [-0.3, -0.25) is 0 Å². The largest absolute Gasteiger partial charge is 0.456 e. The summed E-state index contributed by atoms with van der Waals surface area (Å²) in [6.45, 7) is 0. The van der Waals surface area contributed by atoms with Gasteiger partial charge in [-0.25, -0.2) is 0 Å². The van der Waals surface area contributed by atoms with Crippen LogP contribution in [0.25, 0.3) is 91.9 Å². The van der Waals surface area contributed by atoms with Crippen LogP contribution >= 0.6 is 11.3 Å². The van der Waals surface area contributed by atoms with E-state index in [2.05, 4.69) is 144 Å². The van der Waals surface area contributed by atoms with Gasteiger partial charge in [0.15, 0.2) is 0 Å². The highest BCUT2D eigenvalue weighted by Crippen LogP contribution is 2.42. The van der Waals surface area contributed by atoms with E-state index in [0.29, 0.717) is 0 Å². The molecule has 45 heavy (non-hydrogen) atoms. The van der Waals surface area contributed by atoms with E-state index in [1.54, 1.807) is 0 Å². The van der Waals surface area contributed by atoms with Crippen molar-refractivity contribution in [3.63, 3.8) is 0 Å². The molecule has 7 aromatic carbocycles. The summed E-state index contributed by atoms with van der Waals surface area (Å²) in [7, 11) is 0. The van der Waals surface area contributed by atoms with Gasteiger partial charge in [0.25, 0.3) is 0 Å². The first-order chi connectivity index (χ1) is 22.3. The fraction of sp³-hybridized carbons (Fsp3) is 0. The summed E-state index contributed by atoms with van der Waals surface area (Å²) >= 11 is 1.87. The maximum atomic E-state index is 6.17. The second-order valence-corrected chi connectivity index (χ2v) is 12.8. The van der Waals surface area contributed by atoms with E-state index in [-0.39, 0.29) is 0 Å². The summed E-state index contributed by atoms with van der Waals surface area (Å²) in [5.41, 5.74) is 10.1. The lowest BCUT2D eigenvalue weighted by molar-refractivity contribution is 0.669. The number of hydrogen-bond acceptors (Lipinski definition) is 2. The van der Waals surface area contributed by atoms with E-state index in [1.807, 2.05) is 23.5 Å². The number of rotatable bonds is 3. The Bertz CT molecular complexity index is 2760. The third-order valence-electron chi connectivity index (χ3n) is 9.16. The average Bonchev–Trinajstić information content (AvgIpc) is 3.76. The normalized spacial score (nSPS) is 12.0. The van der Waals surface area contributed by atoms with Crippen molar-refractivity contribution in [2.75, 3.05) is 0 Å². The zero-order valence-electron chi connectivity index (χ0n) is 24.2. The Hall–Kier alpha value is -5.64. The van der Waals surface area contributed by atoms with Crippen molar-refractivity contribution < 1.29 is 4.42 Å². The van der Waals surface area contributed by atoms with Gasteiger partial charge in [0.2, 0.25) is 0 Å². The van der Waals surface area contributed by atoms with Gasteiger partial charge >= 0.3 is 0 Å². The number of thiophene rings is 1. The van der Waals surface area contributed by atoms with Gasteiger partial charge in [0.05, 0.1) is 11.0 Å². The monoisotopic (exact) mass is 591 g/mol. The van der Waals surface area contributed by atoms with Crippen molar-refractivity contribution in [1.29, 1.82) is 0 Å². The number of furan rings is 1. The fourth-order valence-corrected chi connectivity index (χ4v) is 8.20. The van der Waals surface area contributed by atoms with Gasteiger partial charge in [-0.15, -0.1) is 11.3 Å². The molecule has 0 saturated heterocycles. The van der Waals surface area contributed by atoms with E-state index >= 15 is 0 Å². The molecule has 0 aliphatic carbocycles. The van der Waals surface area contributed by atoms with Crippen LogP contribution < -0.4 is 0 Å². The van der Waals surface area contributed by atoms with Crippen molar-refractivity contribution in [2.45, 2.75) is 0 Å². The van der Waals surface area contributed by atoms with E-state index in [0.717, 1.165) is 27.6 Å². The number of hydrogen-bond donors (Lipinski definition) is 0. The lowest BCUT2D eigenvalue weighted by atomic mass is 9.97. The predicted octanol–water partition coefficient (Wildman–Crippen LogP) is 12.4. The second kappa shape index (κ2) is 9.43. The second-order valence-electron chi connectivity index (χ2n) is 11.8. The standard InChI is InChI=1S/C42H25NOS/c1-2-10-26(11-3-1)28-20-29(27-18-19-40-35(23-27)32-13-5-8-16-39(32)44-40)22-30(21-28)43-37-15-7-4-12-31(37)34-24-36-33-14-6-9-17-41(33)45-42(36)25-38(34)43/h1-25H. The Labute approximate surface area is 263 Å². The van der Waals surface area contributed by atoms with Crippen LogP contribution in [0.3, 0.4) is 0 Å². The number of aromatic nitrogens is 1. The van der Waals surface area contributed by atoms with Gasteiger partial charge in [-0.2, -0.15) is 0 Å². The molecule has 210 valence electrons. The van der Waals surface area contributed by atoms with Gasteiger partial charge in [-0.05, 0) is 82.9 Å². The molecule has 0 amide bonds. The van der Waals surface area contributed by atoms with E-state index in [1.165, 1.54) is 64.2 Å². The van der Waals surface area contributed by atoms with Crippen molar-refractivity contribution >= 4 is 75.3 Å². The van der Waals surface area contributed by atoms with Crippen LogP contribution in [0.2, 0.25) is 0 Å². The van der Waals surface area contributed by atoms with Crippen molar-refractivity contribution in [1.82, 2.24) is 4.57 Å². The average molecular weight is 592 g/mol. The molecule has 0 aliphatic rings. The van der Waals surface area contributed by atoms with Gasteiger partial charge in [0, 0.05) is 47.4 Å². The van der Waals surface area contributed by atoms with Gasteiger partial charge < -0.3 is 8.98 Å². The van der Waals surface area contributed by atoms with Crippen LogP contribution in [-0.2, 0) is 0 Å². The lowest BCUT2D eigenvalue weighted by Gasteiger charge is -2.14. The maximum absolute atomic E-state index is 6.17. The zero-order valence-corrected chi connectivity index (χ0v) is 25.0. The Kier molecular flexibility index (Phi) is 5.19. The minimum Gasteiger partial charge on any atom is -0.456 e. The molecule has 3 aromatic heterocycles. The summed E-state index contributed by atoms with van der Waals surface area (Å²) in [6.07, 6.45) is 0. The van der Waals surface area contributed by atoms with Crippen molar-refractivity contribution in [2.24, 2.45) is 0 Å². The molecule has 0 radical (unpaired) electrons. The highest BCUT2D eigenvalue weighted by atomic mass is 32.1. The smallest absolute Gasteiger partial charge is 0.135 e. The number of benzene rings is 7. The number of fused-ring (bicyclic) bond motifs is 9.